The first-order valence-electron chi connectivity index (χ1n) is 5.48. The number of carboxylic acid groups (broad SMARTS) is 1. The number of carboxylic acids is 1. The van der Waals surface area contributed by atoms with Gasteiger partial charge in [-0.05, 0) is 24.6 Å². The number of rotatable bonds is 4. The zero-order valence-corrected chi connectivity index (χ0v) is 13.5. The maximum atomic E-state index is 12.3. The van der Waals surface area contributed by atoms with E-state index in [0.29, 0.717) is 10.0 Å². The van der Waals surface area contributed by atoms with Gasteiger partial charge >= 0.3 is 5.97 Å². The van der Waals surface area contributed by atoms with Gasteiger partial charge in [0.15, 0.2) is 5.78 Å². The summed E-state index contributed by atoms with van der Waals surface area (Å²) in [5.74, 6) is -2.39. The first-order valence-corrected chi connectivity index (χ1v) is 7.07. The lowest BCUT2D eigenvalue weighted by atomic mass is 9.88. The van der Waals surface area contributed by atoms with Gasteiger partial charge in [-0.1, -0.05) is 45.7 Å². The fraction of sp³-hybridized carbons (Fsp3) is 0.385. The first kappa shape index (κ1) is 15.4. The van der Waals surface area contributed by atoms with Crippen LogP contribution in [0.3, 0.4) is 0 Å². The Hall–Kier alpha value is -0.680. The number of aliphatic carboxylic acids is 1. The van der Waals surface area contributed by atoms with E-state index in [9.17, 15) is 9.59 Å². The molecule has 0 aromatic heterocycles. The van der Waals surface area contributed by atoms with Crippen molar-refractivity contribution in [1.82, 2.24) is 0 Å². The highest BCUT2D eigenvalue weighted by molar-refractivity contribution is 9.11. The van der Waals surface area contributed by atoms with Crippen LogP contribution in [0.1, 0.15) is 29.8 Å². The van der Waals surface area contributed by atoms with Crippen molar-refractivity contribution in [2.75, 3.05) is 0 Å². The molecule has 18 heavy (non-hydrogen) atoms. The third-order valence-corrected chi connectivity index (χ3v) is 4.58. The van der Waals surface area contributed by atoms with E-state index in [1.807, 2.05) is 13.0 Å². The van der Waals surface area contributed by atoms with Crippen LogP contribution in [0.5, 0.6) is 0 Å². The highest BCUT2D eigenvalue weighted by atomic mass is 79.9. The number of Topliss-reactive ketones (excluding diaryl/α,β-unsaturated/α-hetero) is 1. The normalized spacial score (nSPS) is 14.1. The third-order valence-electron chi connectivity index (χ3n) is 3.07. The van der Waals surface area contributed by atoms with Crippen molar-refractivity contribution in [2.24, 2.45) is 11.8 Å². The number of carbonyl (C=O) groups excluding carboxylic acids is 1. The zero-order chi connectivity index (χ0) is 14.0. The number of benzene rings is 1. The Morgan fingerprint density at radius 1 is 1.11 bits per heavy atom. The van der Waals surface area contributed by atoms with Crippen LogP contribution in [-0.4, -0.2) is 16.9 Å². The maximum absolute atomic E-state index is 12.3. The number of hydrogen-bond acceptors (Lipinski definition) is 2. The molecule has 98 valence electrons. The van der Waals surface area contributed by atoms with Crippen LogP contribution < -0.4 is 0 Å². The second kappa shape index (κ2) is 5.97. The molecule has 1 aromatic carbocycles. The summed E-state index contributed by atoms with van der Waals surface area (Å²) in [5, 5.41) is 8.94. The SMILES string of the molecule is Cc1cc(Br)c(C(=O)C(C)C(C)C(=O)O)cc1Br. The van der Waals surface area contributed by atoms with E-state index in [1.165, 1.54) is 0 Å². The van der Waals surface area contributed by atoms with Crippen LogP contribution >= 0.6 is 31.9 Å². The monoisotopic (exact) mass is 376 g/mol. The van der Waals surface area contributed by atoms with Gasteiger partial charge in [0.2, 0.25) is 0 Å². The van der Waals surface area contributed by atoms with E-state index in [2.05, 4.69) is 31.9 Å². The lowest BCUT2D eigenvalue weighted by Gasteiger charge is -2.16. The average molecular weight is 378 g/mol. The van der Waals surface area contributed by atoms with Crippen LogP contribution in [0.25, 0.3) is 0 Å². The predicted molar refractivity (Wildman–Crippen MR) is 76.9 cm³/mol. The predicted octanol–water partition coefficient (Wildman–Crippen LogP) is 4.06. The molecule has 0 saturated carbocycles. The highest BCUT2D eigenvalue weighted by Gasteiger charge is 2.28. The van der Waals surface area contributed by atoms with Gasteiger partial charge in [0.1, 0.15) is 0 Å². The molecule has 2 unspecified atom stereocenters. The molecule has 0 bridgehead atoms. The number of halogens is 2. The molecule has 0 amide bonds. The number of hydrogen-bond donors (Lipinski definition) is 1. The van der Waals surface area contributed by atoms with Crippen molar-refractivity contribution in [3.8, 4) is 0 Å². The molecular weight excluding hydrogens is 364 g/mol. The largest absolute Gasteiger partial charge is 0.481 e. The highest BCUT2D eigenvalue weighted by Crippen LogP contribution is 2.29. The van der Waals surface area contributed by atoms with Gasteiger partial charge in [0.05, 0.1) is 5.92 Å². The van der Waals surface area contributed by atoms with Crippen LogP contribution in [0.15, 0.2) is 21.1 Å². The lowest BCUT2D eigenvalue weighted by Crippen LogP contribution is -2.25. The molecule has 2 atom stereocenters. The standard InChI is InChI=1S/C13H14Br2O3/c1-6-4-11(15)9(5-10(6)14)12(16)7(2)8(3)13(17)18/h4-5,7-8H,1-3H3,(H,17,18). The summed E-state index contributed by atoms with van der Waals surface area (Å²) in [6, 6.07) is 3.57. The van der Waals surface area contributed by atoms with Gasteiger partial charge in [-0.15, -0.1) is 0 Å². The molecule has 3 nitrogen and oxygen atoms in total. The molecule has 1 aromatic rings. The van der Waals surface area contributed by atoms with E-state index >= 15 is 0 Å². The van der Waals surface area contributed by atoms with Crippen molar-refractivity contribution >= 4 is 43.6 Å². The van der Waals surface area contributed by atoms with Gasteiger partial charge in [0, 0.05) is 20.4 Å². The quantitative estimate of drug-likeness (QED) is 0.805. The molecule has 5 heteroatoms. The summed E-state index contributed by atoms with van der Waals surface area (Å²) in [5.41, 5.74) is 1.52. The van der Waals surface area contributed by atoms with E-state index < -0.39 is 17.8 Å². The summed E-state index contributed by atoms with van der Waals surface area (Å²) >= 11 is 6.72. The van der Waals surface area contributed by atoms with Gasteiger partial charge in [-0.2, -0.15) is 0 Å². The Morgan fingerprint density at radius 2 is 1.67 bits per heavy atom. The van der Waals surface area contributed by atoms with Crippen LogP contribution in [0.4, 0.5) is 0 Å². The second-order valence-electron chi connectivity index (χ2n) is 4.36. The van der Waals surface area contributed by atoms with Gasteiger partial charge < -0.3 is 5.11 Å². The Labute approximate surface area is 123 Å². The maximum Gasteiger partial charge on any atom is 0.306 e. The van der Waals surface area contributed by atoms with Crippen molar-refractivity contribution < 1.29 is 14.7 Å². The van der Waals surface area contributed by atoms with E-state index in [4.69, 9.17) is 5.11 Å². The summed E-state index contributed by atoms with van der Waals surface area (Å²) in [7, 11) is 0. The van der Waals surface area contributed by atoms with Crippen molar-refractivity contribution in [3.63, 3.8) is 0 Å². The number of aryl methyl sites for hydroxylation is 1. The topological polar surface area (TPSA) is 54.4 Å². The number of ketones is 1. The first-order chi connectivity index (χ1) is 8.25. The summed E-state index contributed by atoms with van der Waals surface area (Å²) in [4.78, 5) is 23.2. The van der Waals surface area contributed by atoms with Gasteiger partial charge in [-0.25, -0.2) is 0 Å². The van der Waals surface area contributed by atoms with E-state index in [0.717, 1.165) is 10.0 Å². The minimum atomic E-state index is -0.960. The summed E-state index contributed by atoms with van der Waals surface area (Å²) in [6.07, 6.45) is 0. The third kappa shape index (κ3) is 3.20. The molecule has 0 aliphatic heterocycles. The molecule has 0 heterocycles. The summed E-state index contributed by atoms with van der Waals surface area (Å²) in [6.45, 7) is 5.11. The second-order valence-corrected chi connectivity index (χ2v) is 6.07. The Bertz CT molecular complexity index is 497. The molecule has 0 saturated heterocycles. The molecule has 0 aliphatic carbocycles. The fourth-order valence-electron chi connectivity index (χ4n) is 1.52. The van der Waals surface area contributed by atoms with E-state index in [-0.39, 0.29) is 5.78 Å². The molecule has 0 spiro atoms. The Morgan fingerprint density at radius 3 is 2.17 bits per heavy atom. The van der Waals surface area contributed by atoms with Crippen molar-refractivity contribution in [1.29, 1.82) is 0 Å². The zero-order valence-electron chi connectivity index (χ0n) is 10.3. The van der Waals surface area contributed by atoms with Crippen LogP contribution in [0.2, 0.25) is 0 Å². The minimum absolute atomic E-state index is 0.169. The molecule has 0 aliphatic rings. The molecule has 1 rings (SSSR count). The fourth-order valence-corrected chi connectivity index (χ4v) is 2.52. The van der Waals surface area contributed by atoms with Crippen LogP contribution in [0, 0.1) is 18.8 Å². The average Bonchev–Trinajstić information content (AvgIpc) is 2.30. The Balaban J connectivity index is 3.11. The van der Waals surface area contributed by atoms with Gasteiger partial charge in [-0.3, -0.25) is 9.59 Å². The molecule has 1 N–H and O–H groups in total. The minimum Gasteiger partial charge on any atom is -0.481 e. The van der Waals surface area contributed by atoms with Gasteiger partial charge in [0.25, 0.3) is 0 Å². The number of carbonyl (C=O) groups is 2. The lowest BCUT2D eigenvalue weighted by molar-refractivity contribution is -0.142. The van der Waals surface area contributed by atoms with Crippen LogP contribution in [-0.2, 0) is 4.79 Å². The van der Waals surface area contributed by atoms with Crippen molar-refractivity contribution in [3.05, 3.63) is 32.2 Å². The van der Waals surface area contributed by atoms with E-state index in [1.54, 1.807) is 19.9 Å². The smallest absolute Gasteiger partial charge is 0.306 e. The Kier molecular flexibility index (Phi) is 5.10. The summed E-state index contributed by atoms with van der Waals surface area (Å²) < 4.78 is 1.53. The molecular formula is C13H14Br2O3. The molecule has 0 radical (unpaired) electrons. The van der Waals surface area contributed by atoms with Crippen molar-refractivity contribution in [2.45, 2.75) is 20.8 Å². The molecule has 0 fully saturated rings.